The Balaban J connectivity index is 1.89. The second kappa shape index (κ2) is 5.01. The first kappa shape index (κ1) is 11.7. The highest BCUT2D eigenvalue weighted by Crippen LogP contribution is 2.15. The standard InChI is InChI=1S/C11H15N3O3/c1-7(2)10-13-11(17-14-10)12-6-8(15)9-4-3-5-16-9/h3-5,7-8,15H,6H2,1-2H3,(H,12,13,14). The van der Waals surface area contributed by atoms with Crippen LogP contribution in [0.5, 0.6) is 0 Å². The lowest BCUT2D eigenvalue weighted by molar-refractivity contribution is 0.161. The Bertz CT molecular complexity index is 450. The van der Waals surface area contributed by atoms with E-state index >= 15 is 0 Å². The minimum atomic E-state index is -0.737. The van der Waals surface area contributed by atoms with E-state index in [2.05, 4.69) is 15.5 Å². The molecule has 0 radical (unpaired) electrons. The summed E-state index contributed by atoms with van der Waals surface area (Å²) in [6, 6.07) is 3.74. The van der Waals surface area contributed by atoms with Gasteiger partial charge in [0.05, 0.1) is 12.8 Å². The van der Waals surface area contributed by atoms with Crippen molar-refractivity contribution >= 4 is 6.01 Å². The zero-order valence-electron chi connectivity index (χ0n) is 9.75. The van der Waals surface area contributed by atoms with E-state index in [9.17, 15) is 5.11 Å². The van der Waals surface area contributed by atoms with Crippen molar-refractivity contribution in [2.75, 3.05) is 11.9 Å². The van der Waals surface area contributed by atoms with Crippen LogP contribution in [0.4, 0.5) is 6.01 Å². The van der Waals surface area contributed by atoms with Crippen LogP contribution in [0.1, 0.15) is 37.5 Å². The first-order chi connectivity index (χ1) is 8.16. The number of rotatable bonds is 5. The molecule has 2 N–H and O–H groups in total. The SMILES string of the molecule is CC(C)c1noc(NCC(O)c2ccco2)n1. The van der Waals surface area contributed by atoms with Gasteiger partial charge in [-0.25, -0.2) is 0 Å². The number of aromatic nitrogens is 2. The second-order valence-electron chi connectivity index (χ2n) is 4.02. The topological polar surface area (TPSA) is 84.3 Å². The smallest absolute Gasteiger partial charge is 0.321 e. The predicted octanol–water partition coefficient (Wildman–Crippen LogP) is 1.93. The van der Waals surface area contributed by atoms with Gasteiger partial charge in [0.25, 0.3) is 0 Å². The van der Waals surface area contributed by atoms with Crippen molar-refractivity contribution in [2.24, 2.45) is 0 Å². The van der Waals surface area contributed by atoms with E-state index in [0.717, 1.165) is 0 Å². The zero-order valence-corrected chi connectivity index (χ0v) is 9.75. The van der Waals surface area contributed by atoms with Gasteiger partial charge in [-0.1, -0.05) is 19.0 Å². The van der Waals surface area contributed by atoms with Crippen molar-refractivity contribution in [1.29, 1.82) is 0 Å². The van der Waals surface area contributed by atoms with Crippen molar-refractivity contribution in [3.63, 3.8) is 0 Å². The van der Waals surface area contributed by atoms with Crippen LogP contribution in [0, 0.1) is 0 Å². The van der Waals surface area contributed by atoms with Gasteiger partial charge >= 0.3 is 6.01 Å². The normalized spacial score (nSPS) is 12.9. The monoisotopic (exact) mass is 237 g/mol. The minimum Gasteiger partial charge on any atom is -0.467 e. The van der Waals surface area contributed by atoms with Gasteiger partial charge in [0.2, 0.25) is 0 Å². The molecule has 0 bridgehead atoms. The Kier molecular flexibility index (Phi) is 3.43. The van der Waals surface area contributed by atoms with Crippen LogP contribution in [0.25, 0.3) is 0 Å². The number of furan rings is 1. The molecule has 17 heavy (non-hydrogen) atoms. The van der Waals surface area contributed by atoms with Gasteiger partial charge in [0.1, 0.15) is 11.9 Å². The first-order valence-corrected chi connectivity index (χ1v) is 5.45. The van der Waals surface area contributed by atoms with Gasteiger partial charge in [-0.05, 0) is 12.1 Å². The van der Waals surface area contributed by atoms with Crippen molar-refractivity contribution in [3.8, 4) is 0 Å². The van der Waals surface area contributed by atoms with Crippen molar-refractivity contribution < 1.29 is 14.0 Å². The summed E-state index contributed by atoms with van der Waals surface area (Å²) >= 11 is 0. The Morgan fingerprint density at radius 2 is 2.29 bits per heavy atom. The molecule has 6 nitrogen and oxygen atoms in total. The summed E-state index contributed by atoms with van der Waals surface area (Å²) in [7, 11) is 0. The molecule has 6 heteroatoms. The maximum atomic E-state index is 9.74. The molecule has 0 aliphatic carbocycles. The molecule has 1 unspecified atom stereocenters. The summed E-state index contributed by atoms with van der Waals surface area (Å²) in [6.07, 6.45) is 0.779. The minimum absolute atomic E-state index is 0.212. The van der Waals surface area contributed by atoms with Crippen LogP contribution in [0.2, 0.25) is 0 Å². The molecule has 0 spiro atoms. The molecule has 0 aliphatic heterocycles. The third-order valence-corrected chi connectivity index (χ3v) is 2.28. The maximum Gasteiger partial charge on any atom is 0.321 e. The van der Waals surface area contributed by atoms with Crippen LogP contribution >= 0.6 is 0 Å². The Morgan fingerprint density at radius 3 is 2.88 bits per heavy atom. The summed E-state index contributed by atoms with van der Waals surface area (Å²) in [4.78, 5) is 4.13. The molecule has 2 aromatic rings. The van der Waals surface area contributed by atoms with Gasteiger partial charge < -0.3 is 19.4 Å². The third kappa shape index (κ3) is 2.85. The number of hydrogen-bond donors (Lipinski definition) is 2. The van der Waals surface area contributed by atoms with Gasteiger partial charge in [-0.2, -0.15) is 4.98 Å². The van der Waals surface area contributed by atoms with E-state index in [1.54, 1.807) is 12.1 Å². The van der Waals surface area contributed by atoms with E-state index in [1.807, 2.05) is 13.8 Å². The van der Waals surface area contributed by atoms with Crippen LogP contribution in [0.3, 0.4) is 0 Å². The Hall–Kier alpha value is -1.82. The maximum absolute atomic E-state index is 9.74. The molecule has 0 saturated heterocycles. The van der Waals surface area contributed by atoms with Crippen LogP contribution < -0.4 is 5.32 Å². The van der Waals surface area contributed by atoms with Crippen molar-refractivity contribution in [1.82, 2.24) is 10.1 Å². The van der Waals surface area contributed by atoms with Crippen LogP contribution in [-0.4, -0.2) is 21.8 Å². The number of hydrogen-bond acceptors (Lipinski definition) is 6. The highest BCUT2D eigenvalue weighted by atomic mass is 16.5. The molecule has 2 rings (SSSR count). The molecular weight excluding hydrogens is 222 g/mol. The number of aliphatic hydroxyl groups excluding tert-OH is 1. The number of anilines is 1. The third-order valence-electron chi connectivity index (χ3n) is 2.28. The summed E-state index contributed by atoms with van der Waals surface area (Å²) in [5.74, 6) is 1.35. The second-order valence-corrected chi connectivity index (χ2v) is 4.02. The van der Waals surface area contributed by atoms with Gasteiger partial charge in [0.15, 0.2) is 5.82 Å². The first-order valence-electron chi connectivity index (χ1n) is 5.45. The van der Waals surface area contributed by atoms with Crippen molar-refractivity contribution in [2.45, 2.75) is 25.9 Å². The average molecular weight is 237 g/mol. The molecule has 2 aromatic heterocycles. The molecular formula is C11H15N3O3. The summed E-state index contributed by atoms with van der Waals surface area (Å²) < 4.78 is 10.1. The number of nitrogens with zero attached hydrogens (tertiary/aromatic N) is 2. The Morgan fingerprint density at radius 1 is 1.47 bits per heavy atom. The largest absolute Gasteiger partial charge is 0.467 e. The van der Waals surface area contributed by atoms with Crippen LogP contribution in [-0.2, 0) is 0 Å². The van der Waals surface area contributed by atoms with E-state index in [4.69, 9.17) is 8.94 Å². The van der Waals surface area contributed by atoms with Crippen molar-refractivity contribution in [3.05, 3.63) is 30.0 Å². The fraction of sp³-hybridized carbons (Fsp3) is 0.455. The van der Waals surface area contributed by atoms with Gasteiger partial charge in [0, 0.05) is 5.92 Å². The van der Waals surface area contributed by atoms with Gasteiger partial charge in [-0.3, -0.25) is 0 Å². The van der Waals surface area contributed by atoms with E-state index in [1.165, 1.54) is 6.26 Å². The molecule has 0 aromatic carbocycles. The lowest BCUT2D eigenvalue weighted by Gasteiger charge is -2.06. The molecule has 0 fully saturated rings. The molecule has 92 valence electrons. The molecule has 0 aliphatic rings. The van der Waals surface area contributed by atoms with E-state index in [0.29, 0.717) is 17.6 Å². The molecule has 0 amide bonds. The molecule has 1 atom stereocenters. The van der Waals surface area contributed by atoms with E-state index in [-0.39, 0.29) is 12.5 Å². The van der Waals surface area contributed by atoms with Crippen LogP contribution in [0.15, 0.2) is 27.3 Å². The predicted molar refractivity (Wildman–Crippen MR) is 60.5 cm³/mol. The highest BCUT2D eigenvalue weighted by Gasteiger charge is 2.13. The summed E-state index contributed by atoms with van der Waals surface area (Å²) in [6.45, 7) is 4.21. The average Bonchev–Trinajstić information content (AvgIpc) is 2.97. The number of nitrogens with one attached hydrogen (secondary N) is 1. The Labute approximate surface area is 98.6 Å². The summed E-state index contributed by atoms with van der Waals surface area (Å²) in [5, 5.41) is 16.4. The fourth-order valence-electron chi connectivity index (χ4n) is 1.31. The molecule has 2 heterocycles. The fourth-order valence-corrected chi connectivity index (χ4v) is 1.31. The number of aliphatic hydroxyl groups is 1. The lowest BCUT2D eigenvalue weighted by atomic mass is 10.2. The summed E-state index contributed by atoms with van der Waals surface area (Å²) in [5.41, 5.74) is 0. The van der Waals surface area contributed by atoms with E-state index < -0.39 is 6.10 Å². The zero-order chi connectivity index (χ0) is 12.3. The van der Waals surface area contributed by atoms with Gasteiger partial charge in [-0.15, -0.1) is 0 Å². The highest BCUT2D eigenvalue weighted by molar-refractivity contribution is 5.20. The lowest BCUT2D eigenvalue weighted by Crippen LogP contribution is -2.11. The quantitative estimate of drug-likeness (QED) is 0.826. The molecule has 0 saturated carbocycles.